The summed E-state index contributed by atoms with van der Waals surface area (Å²) < 4.78 is 20.9. The van der Waals surface area contributed by atoms with Crippen LogP contribution in [0, 0.1) is 0 Å². The Kier molecular flexibility index (Phi) is 7.72. The van der Waals surface area contributed by atoms with Crippen molar-refractivity contribution in [3.63, 3.8) is 0 Å². The number of ether oxygens (including phenoxy) is 2. The molecule has 0 saturated carbocycles. The molecule has 0 bridgehead atoms. The molecular weight excluding hydrogens is 123 g/mol. The maximum Gasteiger partial charge on any atom is 0.113 e. The summed E-state index contributed by atoms with van der Waals surface area (Å²) in [4.78, 5) is 0. The molecule has 0 heterocycles. The Morgan fingerprint density at radius 1 is 1.22 bits per heavy atom. The van der Waals surface area contributed by atoms with E-state index < -0.39 is 6.67 Å². The fourth-order valence-electron chi connectivity index (χ4n) is 0.462. The first-order chi connectivity index (χ1) is 4.41. The highest BCUT2D eigenvalue weighted by Gasteiger charge is 1.85. The molecule has 0 saturated heterocycles. The van der Waals surface area contributed by atoms with E-state index in [2.05, 4.69) is 0 Å². The van der Waals surface area contributed by atoms with Gasteiger partial charge >= 0.3 is 0 Å². The fraction of sp³-hybridized carbons (Fsp3) is 1.00. The molecule has 0 atom stereocenters. The zero-order chi connectivity index (χ0) is 6.95. The van der Waals surface area contributed by atoms with Gasteiger partial charge in [-0.05, 0) is 6.42 Å². The third kappa shape index (κ3) is 7.85. The average molecular weight is 136 g/mol. The smallest absolute Gasteiger partial charge is 0.113 e. The van der Waals surface area contributed by atoms with Crippen molar-refractivity contribution in [3.8, 4) is 0 Å². The van der Waals surface area contributed by atoms with Gasteiger partial charge in [-0.25, -0.2) is 4.39 Å². The summed E-state index contributed by atoms with van der Waals surface area (Å²) in [5.74, 6) is 0. The van der Waals surface area contributed by atoms with Crippen molar-refractivity contribution in [2.75, 3.05) is 33.6 Å². The monoisotopic (exact) mass is 136 g/mol. The highest BCUT2D eigenvalue weighted by atomic mass is 19.1. The van der Waals surface area contributed by atoms with Gasteiger partial charge in [0, 0.05) is 20.3 Å². The zero-order valence-electron chi connectivity index (χ0n) is 5.73. The number of halogens is 1. The lowest BCUT2D eigenvalue weighted by Gasteiger charge is -1.98. The molecule has 0 aliphatic rings. The van der Waals surface area contributed by atoms with Gasteiger partial charge in [-0.3, -0.25) is 0 Å². The second kappa shape index (κ2) is 7.85. The highest BCUT2D eigenvalue weighted by molar-refractivity contribution is 4.32. The van der Waals surface area contributed by atoms with Crippen LogP contribution in [-0.4, -0.2) is 33.6 Å². The van der Waals surface area contributed by atoms with Crippen LogP contribution in [0.25, 0.3) is 0 Å². The number of alkyl halides is 1. The molecule has 0 unspecified atom stereocenters. The van der Waals surface area contributed by atoms with E-state index in [9.17, 15) is 4.39 Å². The van der Waals surface area contributed by atoms with E-state index in [0.29, 0.717) is 13.2 Å². The number of rotatable bonds is 6. The maximum absolute atomic E-state index is 11.3. The SMILES string of the molecule is COCCCOCCF. The van der Waals surface area contributed by atoms with Crippen LogP contribution >= 0.6 is 0 Å². The van der Waals surface area contributed by atoms with Crippen molar-refractivity contribution in [2.45, 2.75) is 6.42 Å². The Morgan fingerprint density at radius 3 is 2.56 bits per heavy atom. The van der Waals surface area contributed by atoms with Gasteiger partial charge in [0.05, 0.1) is 6.61 Å². The molecule has 0 aliphatic carbocycles. The van der Waals surface area contributed by atoms with Crippen LogP contribution in [0.1, 0.15) is 6.42 Å². The second-order valence-corrected chi connectivity index (χ2v) is 1.65. The van der Waals surface area contributed by atoms with E-state index in [1.54, 1.807) is 7.11 Å². The van der Waals surface area contributed by atoms with Crippen LogP contribution in [0.5, 0.6) is 0 Å². The van der Waals surface area contributed by atoms with E-state index >= 15 is 0 Å². The molecule has 0 aromatic rings. The van der Waals surface area contributed by atoms with Gasteiger partial charge in [0.2, 0.25) is 0 Å². The number of hydrogen-bond acceptors (Lipinski definition) is 2. The van der Waals surface area contributed by atoms with Gasteiger partial charge in [0.25, 0.3) is 0 Å². The summed E-state index contributed by atoms with van der Waals surface area (Å²) in [5, 5.41) is 0. The number of hydrogen-bond donors (Lipinski definition) is 0. The van der Waals surface area contributed by atoms with Gasteiger partial charge < -0.3 is 9.47 Å². The lowest BCUT2D eigenvalue weighted by Crippen LogP contribution is -2.01. The summed E-state index contributed by atoms with van der Waals surface area (Å²) in [6.45, 7) is 1.10. The molecule has 3 heteroatoms. The molecule has 0 aromatic heterocycles. The molecule has 0 spiro atoms. The Hall–Kier alpha value is -0.150. The topological polar surface area (TPSA) is 18.5 Å². The number of methoxy groups -OCH3 is 1. The third-order valence-electron chi connectivity index (χ3n) is 0.859. The summed E-state index contributed by atoms with van der Waals surface area (Å²) in [7, 11) is 1.63. The summed E-state index contributed by atoms with van der Waals surface area (Å²) in [5.41, 5.74) is 0. The first kappa shape index (κ1) is 8.85. The van der Waals surface area contributed by atoms with E-state index in [1.165, 1.54) is 0 Å². The van der Waals surface area contributed by atoms with Gasteiger partial charge in [-0.2, -0.15) is 0 Å². The van der Waals surface area contributed by atoms with E-state index in [0.717, 1.165) is 6.42 Å². The van der Waals surface area contributed by atoms with E-state index in [-0.39, 0.29) is 6.61 Å². The summed E-state index contributed by atoms with van der Waals surface area (Å²) in [6.07, 6.45) is 0.844. The van der Waals surface area contributed by atoms with Crippen molar-refractivity contribution in [1.82, 2.24) is 0 Å². The predicted octanol–water partition coefficient (Wildman–Crippen LogP) is 1.01. The molecular formula is C6H13FO2. The predicted molar refractivity (Wildman–Crippen MR) is 33.3 cm³/mol. The van der Waals surface area contributed by atoms with Crippen LogP contribution in [0.3, 0.4) is 0 Å². The van der Waals surface area contributed by atoms with Crippen LogP contribution in [0.4, 0.5) is 4.39 Å². The molecule has 0 N–H and O–H groups in total. The van der Waals surface area contributed by atoms with Crippen molar-refractivity contribution in [2.24, 2.45) is 0 Å². The molecule has 0 aliphatic heterocycles. The average Bonchev–Trinajstić information content (AvgIpc) is 1.89. The zero-order valence-corrected chi connectivity index (χ0v) is 5.73. The van der Waals surface area contributed by atoms with E-state index in [4.69, 9.17) is 9.47 Å². The largest absolute Gasteiger partial charge is 0.385 e. The van der Waals surface area contributed by atoms with Crippen molar-refractivity contribution < 1.29 is 13.9 Å². The fourth-order valence-corrected chi connectivity index (χ4v) is 0.462. The highest BCUT2D eigenvalue weighted by Crippen LogP contribution is 1.82. The first-order valence-electron chi connectivity index (χ1n) is 3.04. The van der Waals surface area contributed by atoms with Crippen molar-refractivity contribution in [3.05, 3.63) is 0 Å². The van der Waals surface area contributed by atoms with Crippen molar-refractivity contribution in [1.29, 1.82) is 0 Å². The Labute approximate surface area is 55.0 Å². The van der Waals surface area contributed by atoms with Crippen LogP contribution in [0.2, 0.25) is 0 Å². The Balaban J connectivity index is 2.60. The van der Waals surface area contributed by atoms with Crippen LogP contribution in [0.15, 0.2) is 0 Å². The van der Waals surface area contributed by atoms with Crippen molar-refractivity contribution >= 4 is 0 Å². The van der Waals surface area contributed by atoms with Crippen LogP contribution in [-0.2, 0) is 9.47 Å². The van der Waals surface area contributed by atoms with Gasteiger partial charge in [0.15, 0.2) is 0 Å². The van der Waals surface area contributed by atoms with Gasteiger partial charge in [-0.15, -0.1) is 0 Å². The van der Waals surface area contributed by atoms with Crippen LogP contribution < -0.4 is 0 Å². The van der Waals surface area contributed by atoms with Gasteiger partial charge in [0.1, 0.15) is 6.67 Å². The summed E-state index contributed by atoms with van der Waals surface area (Å²) >= 11 is 0. The molecule has 0 fully saturated rings. The molecule has 2 nitrogen and oxygen atoms in total. The minimum atomic E-state index is -0.396. The standard InChI is InChI=1S/C6H13FO2/c1-8-4-2-5-9-6-3-7/h2-6H2,1H3. The quantitative estimate of drug-likeness (QED) is 0.507. The summed E-state index contributed by atoms with van der Waals surface area (Å²) in [6, 6.07) is 0. The molecule has 0 aromatic carbocycles. The maximum atomic E-state index is 11.3. The lowest BCUT2D eigenvalue weighted by molar-refractivity contribution is 0.0933. The Bertz CT molecular complexity index is 44.3. The molecule has 0 rings (SSSR count). The third-order valence-corrected chi connectivity index (χ3v) is 0.859. The lowest BCUT2D eigenvalue weighted by atomic mass is 10.5. The van der Waals surface area contributed by atoms with Gasteiger partial charge in [-0.1, -0.05) is 0 Å². The normalized spacial score (nSPS) is 10.0. The van der Waals surface area contributed by atoms with E-state index in [1.807, 2.05) is 0 Å². The first-order valence-corrected chi connectivity index (χ1v) is 3.04. The molecule has 9 heavy (non-hydrogen) atoms. The molecule has 0 amide bonds. The minimum absolute atomic E-state index is 0.212. The molecule has 56 valence electrons. The Morgan fingerprint density at radius 2 is 2.00 bits per heavy atom. The second-order valence-electron chi connectivity index (χ2n) is 1.65. The molecule has 0 radical (unpaired) electrons. The minimum Gasteiger partial charge on any atom is -0.385 e.